The van der Waals surface area contributed by atoms with Crippen LogP contribution in [-0.2, 0) is 0 Å². The predicted molar refractivity (Wildman–Crippen MR) is 66.0 cm³/mol. The Morgan fingerprint density at radius 1 is 1.25 bits per heavy atom. The maximum absolute atomic E-state index is 13.3. The highest BCUT2D eigenvalue weighted by Gasteiger charge is 2.23. The van der Waals surface area contributed by atoms with Crippen LogP contribution in [0, 0.1) is 11.7 Å². The maximum Gasteiger partial charge on any atom is 0.127 e. The first-order valence-electron chi connectivity index (χ1n) is 5.89. The van der Waals surface area contributed by atoms with Gasteiger partial charge in [-0.15, -0.1) is 0 Å². The van der Waals surface area contributed by atoms with Gasteiger partial charge in [-0.25, -0.2) is 4.39 Å². The summed E-state index contributed by atoms with van der Waals surface area (Å²) >= 11 is 0. The van der Waals surface area contributed by atoms with Crippen molar-refractivity contribution in [3.8, 4) is 0 Å². The van der Waals surface area contributed by atoms with Crippen molar-refractivity contribution in [2.24, 2.45) is 5.92 Å². The van der Waals surface area contributed by atoms with E-state index in [-0.39, 0.29) is 5.82 Å². The van der Waals surface area contributed by atoms with Crippen molar-refractivity contribution in [3.05, 3.63) is 24.0 Å². The van der Waals surface area contributed by atoms with E-state index in [0.29, 0.717) is 17.6 Å². The van der Waals surface area contributed by atoms with Crippen LogP contribution in [0.3, 0.4) is 0 Å². The Hall–Kier alpha value is -1.25. The molecule has 1 aliphatic heterocycles. The monoisotopic (exact) mass is 222 g/mol. The molecule has 2 N–H and O–H groups in total. The fourth-order valence-corrected chi connectivity index (χ4v) is 2.41. The highest BCUT2D eigenvalue weighted by molar-refractivity contribution is 5.57. The lowest BCUT2D eigenvalue weighted by Crippen LogP contribution is -2.41. The zero-order chi connectivity index (χ0) is 11.7. The van der Waals surface area contributed by atoms with Gasteiger partial charge in [0.15, 0.2) is 0 Å². The van der Waals surface area contributed by atoms with Crippen LogP contribution in [-0.4, -0.2) is 12.6 Å². The molecule has 1 saturated heterocycles. The molecule has 3 heteroatoms. The van der Waals surface area contributed by atoms with E-state index in [9.17, 15) is 4.39 Å². The van der Waals surface area contributed by atoms with Gasteiger partial charge in [0.1, 0.15) is 5.82 Å². The molecule has 0 aliphatic carbocycles. The molecule has 2 atom stereocenters. The number of nitrogen functional groups attached to an aromatic ring is 1. The summed E-state index contributed by atoms with van der Waals surface area (Å²) in [5.74, 6) is 0.418. The van der Waals surface area contributed by atoms with Crippen molar-refractivity contribution < 1.29 is 4.39 Å². The molecule has 0 radical (unpaired) electrons. The van der Waals surface area contributed by atoms with Gasteiger partial charge < -0.3 is 10.6 Å². The molecule has 0 aromatic heterocycles. The second-order valence-corrected chi connectivity index (χ2v) is 4.93. The number of halogens is 1. The van der Waals surface area contributed by atoms with Crippen LogP contribution in [0.15, 0.2) is 18.2 Å². The lowest BCUT2D eigenvalue weighted by Gasteiger charge is -2.38. The van der Waals surface area contributed by atoms with Crippen molar-refractivity contribution in [3.63, 3.8) is 0 Å². The fourth-order valence-electron chi connectivity index (χ4n) is 2.41. The van der Waals surface area contributed by atoms with E-state index < -0.39 is 0 Å². The number of hydrogen-bond donors (Lipinski definition) is 1. The number of anilines is 2. The van der Waals surface area contributed by atoms with E-state index >= 15 is 0 Å². The second kappa shape index (κ2) is 4.32. The molecule has 1 aromatic carbocycles. The van der Waals surface area contributed by atoms with E-state index in [1.165, 1.54) is 12.5 Å². The van der Waals surface area contributed by atoms with E-state index in [0.717, 1.165) is 18.7 Å². The van der Waals surface area contributed by atoms with Crippen LogP contribution in [0.4, 0.5) is 15.8 Å². The van der Waals surface area contributed by atoms with E-state index in [4.69, 9.17) is 5.73 Å². The Bertz CT molecular complexity index is 358. The number of benzene rings is 1. The van der Waals surface area contributed by atoms with Crippen molar-refractivity contribution in [1.29, 1.82) is 0 Å². The summed E-state index contributed by atoms with van der Waals surface area (Å²) in [5, 5.41) is 0. The van der Waals surface area contributed by atoms with Crippen LogP contribution in [0.1, 0.15) is 26.7 Å². The minimum atomic E-state index is -0.250. The summed E-state index contributed by atoms with van der Waals surface area (Å²) < 4.78 is 13.3. The zero-order valence-electron chi connectivity index (χ0n) is 9.91. The standard InChI is InChI=1S/C13H19FN2/c1-9-3-4-10(2)16(8-9)13-6-11(14)5-12(15)7-13/h5-7,9-10H,3-4,8,15H2,1-2H3. The molecule has 1 aromatic rings. The van der Waals surface area contributed by atoms with Gasteiger partial charge in [-0.05, 0) is 43.9 Å². The first kappa shape index (κ1) is 11.2. The van der Waals surface area contributed by atoms with Gasteiger partial charge in [0.05, 0.1) is 0 Å². The minimum Gasteiger partial charge on any atom is -0.399 e. The summed E-state index contributed by atoms with van der Waals surface area (Å²) in [4.78, 5) is 2.26. The lowest BCUT2D eigenvalue weighted by atomic mass is 9.94. The van der Waals surface area contributed by atoms with Gasteiger partial charge >= 0.3 is 0 Å². The molecule has 1 aliphatic rings. The number of nitrogens with zero attached hydrogens (tertiary/aromatic N) is 1. The van der Waals surface area contributed by atoms with Crippen molar-refractivity contribution >= 4 is 11.4 Å². The molecule has 88 valence electrons. The van der Waals surface area contributed by atoms with Crippen LogP contribution in [0.5, 0.6) is 0 Å². The number of hydrogen-bond acceptors (Lipinski definition) is 2. The van der Waals surface area contributed by atoms with Crippen LogP contribution in [0.25, 0.3) is 0 Å². The topological polar surface area (TPSA) is 29.3 Å². The van der Waals surface area contributed by atoms with Gasteiger partial charge in [0, 0.05) is 24.0 Å². The predicted octanol–water partition coefficient (Wildman–Crippen LogP) is 3.03. The SMILES string of the molecule is CC1CCC(C)N(c2cc(N)cc(F)c2)C1. The van der Waals surface area contributed by atoms with E-state index in [1.54, 1.807) is 6.07 Å². The van der Waals surface area contributed by atoms with E-state index in [1.807, 2.05) is 6.07 Å². The smallest absolute Gasteiger partial charge is 0.127 e. The number of nitrogens with two attached hydrogens (primary N) is 1. The molecule has 0 saturated carbocycles. The molecule has 0 spiro atoms. The second-order valence-electron chi connectivity index (χ2n) is 4.93. The molecule has 2 unspecified atom stereocenters. The molecular formula is C13H19FN2. The number of piperidine rings is 1. The first-order chi connectivity index (χ1) is 7.56. The lowest BCUT2D eigenvalue weighted by molar-refractivity contribution is 0.390. The van der Waals surface area contributed by atoms with E-state index in [2.05, 4.69) is 18.7 Å². The highest BCUT2D eigenvalue weighted by atomic mass is 19.1. The van der Waals surface area contributed by atoms with Crippen molar-refractivity contribution in [2.45, 2.75) is 32.7 Å². The van der Waals surface area contributed by atoms with Gasteiger partial charge in [-0.3, -0.25) is 0 Å². The number of rotatable bonds is 1. The van der Waals surface area contributed by atoms with Gasteiger partial charge in [0.2, 0.25) is 0 Å². The summed E-state index contributed by atoms with van der Waals surface area (Å²) in [6.07, 6.45) is 2.42. The molecule has 1 fully saturated rings. The molecule has 2 nitrogen and oxygen atoms in total. The van der Waals surface area contributed by atoms with Gasteiger partial charge in [-0.2, -0.15) is 0 Å². The molecule has 0 amide bonds. The summed E-state index contributed by atoms with van der Waals surface area (Å²) in [6, 6.07) is 5.27. The molecule has 0 bridgehead atoms. The quantitative estimate of drug-likeness (QED) is 0.740. The Morgan fingerprint density at radius 2 is 2.00 bits per heavy atom. The molecule has 2 rings (SSSR count). The third kappa shape index (κ3) is 2.29. The first-order valence-corrected chi connectivity index (χ1v) is 5.89. The van der Waals surface area contributed by atoms with Crippen molar-refractivity contribution in [1.82, 2.24) is 0 Å². The summed E-state index contributed by atoms with van der Waals surface area (Å²) in [5.41, 5.74) is 7.09. The summed E-state index contributed by atoms with van der Waals surface area (Å²) in [6.45, 7) is 5.42. The third-order valence-corrected chi connectivity index (χ3v) is 3.35. The minimum absolute atomic E-state index is 0.250. The Kier molecular flexibility index (Phi) is 3.03. The Balaban J connectivity index is 2.27. The average molecular weight is 222 g/mol. The zero-order valence-corrected chi connectivity index (χ0v) is 9.91. The Morgan fingerprint density at radius 3 is 2.69 bits per heavy atom. The molecular weight excluding hydrogens is 203 g/mol. The van der Waals surface area contributed by atoms with Crippen LogP contribution >= 0.6 is 0 Å². The Labute approximate surface area is 96.2 Å². The fraction of sp³-hybridized carbons (Fsp3) is 0.538. The highest BCUT2D eigenvalue weighted by Crippen LogP contribution is 2.29. The third-order valence-electron chi connectivity index (χ3n) is 3.35. The molecule has 1 heterocycles. The summed E-state index contributed by atoms with van der Waals surface area (Å²) in [7, 11) is 0. The normalized spacial score (nSPS) is 25.8. The maximum atomic E-state index is 13.3. The van der Waals surface area contributed by atoms with Gasteiger partial charge in [-0.1, -0.05) is 6.92 Å². The largest absolute Gasteiger partial charge is 0.399 e. The molecule has 16 heavy (non-hydrogen) atoms. The van der Waals surface area contributed by atoms with Crippen LogP contribution in [0.2, 0.25) is 0 Å². The van der Waals surface area contributed by atoms with Crippen molar-refractivity contribution in [2.75, 3.05) is 17.2 Å². The van der Waals surface area contributed by atoms with Gasteiger partial charge in [0.25, 0.3) is 0 Å². The average Bonchev–Trinajstić information content (AvgIpc) is 2.20. The van der Waals surface area contributed by atoms with Crippen LogP contribution < -0.4 is 10.6 Å².